The van der Waals surface area contributed by atoms with E-state index in [0.29, 0.717) is 17.9 Å². The molecule has 7 heteroatoms. The third-order valence-corrected chi connectivity index (χ3v) is 2.26. The van der Waals surface area contributed by atoms with Crippen LogP contribution in [0.4, 0.5) is 5.69 Å². The van der Waals surface area contributed by atoms with Gasteiger partial charge in [0.1, 0.15) is 11.8 Å². The average molecular weight is 261 g/mol. The van der Waals surface area contributed by atoms with Crippen LogP contribution >= 0.6 is 0 Å². The second kappa shape index (κ2) is 6.98. The molecule has 0 aliphatic carbocycles. The zero-order valence-corrected chi connectivity index (χ0v) is 10.5. The number of methoxy groups -OCH3 is 1. The Morgan fingerprint density at radius 3 is 2.84 bits per heavy atom. The van der Waals surface area contributed by atoms with E-state index < -0.39 is 5.84 Å². The monoisotopic (exact) mass is 261 g/mol. The maximum absolute atomic E-state index is 8.93. The smallest absolute Gasteiger partial charge is 0.201 e. The van der Waals surface area contributed by atoms with Gasteiger partial charge in [-0.2, -0.15) is 10.4 Å². The van der Waals surface area contributed by atoms with E-state index in [2.05, 4.69) is 10.5 Å². The number of rotatable bonds is 6. The standard InChI is InChI=1S/C12H15N5O2/c1-19-10-5-8(2-3-18)4-9(6-10)16-17-11(7-13)12(14)15/h4-6,16,18H,2-3H2,1H3,(H3,14,15)/b17-11+. The predicted molar refractivity (Wildman–Crippen MR) is 72.4 cm³/mol. The van der Waals surface area contributed by atoms with Gasteiger partial charge in [-0.25, -0.2) is 0 Å². The fraction of sp³-hybridized carbons (Fsp3) is 0.250. The van der Waals surface area contributed by atoms with Crippen molar-refractivity contribution in [3.8, 4) is 11.8 Å². The lowest BCUT2D eigenvalue weighted by molar-refractivity contribution is 0.299. The number of aliphatic hydroxyl groups excluding tert-OH is 1. The summed E-state index contributed by atoms with van der Waals surface area (Å²) in [7, 11) is 1.53. The number of benzene rings is 1. The normalized spacial score (nSPS) is 10.7. The summed E-state index contributed by atoms with van der Waals surface area (Å²) in [6.07, 6.45) is 0.480. The van der Waals surface area contributed by atoms with Crippen LogP contribution in [0.1, 0.15) is 5.56 Å². The summed E-state index contributed by atoms with van der Waals surface area (Å²) >= 11 is 0. The van der Waals surface area contributed by atoms with E-state index >= 15 is 0 Å². The van der Waals surface area contributed by atoms with Crippen molar-refractivity contribution in [3.63, 3.8) is 0 Å². The molecule has 1 aromatic carbocycles. The molecule has 0 amide bonds. The Labute approximate surface area is 110 Å². The van der Waals surface area contributed by atoms with Gasteiger partial charge < -0.3 is 15.6 Å². The SMILES string of the molecule is COc1cc(CCO)cc(N/N=C(\C#N)C(=N)N)c1. The fourth-order valence-electron chi connectivity index (χ4n) is 1.38. The summed E-state index contributed by atoms with van der Waals surface area (Å²) in [4.78, 5) is 0. The zero-order valence-electron chi connectivity index (χ0n) is 10.5. The minimum atomic E-state index is -0.409. The van der Waals surface area contributed by atoms with Crippen molar-refractivity contribution >= 4 is 17.2 Å². The minimum Gasteiger partial charge on any atom is -0.497 e. The van der Waals surface area contributed by atoms with Gasteiger partial charge in [0.05, 0.1) is 12.8 Å². The Morgan fingerprint density at radius 2 is 2.32 bits per heavy atom. The van der Waals surface area contributed by atoms with Crippen molar-refractivity contribution in [1.29, 1.82) is 10.7 Å². The minimum absolute atomic E-state index is 0.0206. The highest BCUT2D eigenvalue weighted by atomic mass is 16.5. The van der Waals surface area contributed by atoms with Crippen molar-refractivity contribution in [3.05, 3.63) is 23.8 Å². The Bertz CT molecular complexity index is 533. The molecule has 0 bridgehead atoms. The van der Waals surface area contributed by atoms with Gasteiger partial charge >= 0.3 is 0 Å². The predicted octanol–water partition coefficient (Wildman–Crippen LogP) is 0.457. The van der Waals surface area contributed by atoms with Crippen LogP contribution in [-0.4, -0.2) is 30.4 Å². The van der Waals surface area contributed by atoms with Crippen molar-refractivity contribution in [2.24, 2.45) is 10.8 Å². The maximum Gasteiger partial charge on any atom is 0.201 e. The van der Waals surface area contributed by atoms with Crippen LogP contribution in [0, 0.1) is 16.7 Å². The highest BCUT2D eigenvalue weighted by molar-refractivity contribution is 6.45. The van der Waals surface area contributed by atoms with E-state index in [1.807, 2.05) is 0 Å². The van der Waals surface area contributed by atoms with E-state index in [4.69, 9.17) is 26.2 Å². The first-order chi connectivity index (χ1) is 9.10. The summed E-state index contributed by atoms with van der Waals surface area (Å²) in [5.74, 6) is 0.193. The lowest BCUT2D eigenvalue weighted by Crippen LogP contribution is -2.21. The number of nitrogens with one attached hydrogen (secondary N) is 2. The van der Waals surface area contributed by atoms with E-state index in [1.165, 1.54) is 7.11 Å². The van der Waals surface area contributed by atoms with Gasteiger partial charge in [0.2, 0.25) is 5.71 Å². The lowest BCUT2D eigenvalue weighted by Gasteiger charge is -2.08. The molecule has 0 saturated heterocycles. The van der Waals surface area contributed by atoms with E-state index in [0.717, 1.165) is 5.56 Å². The summed E-state index contributed by atoms with van der Waals surface area (Å²) in [6, 6.07) is 6.94. The van der Waals surface area contributed by atoms with Crippen molar-refractivity contribution in [2.45, 2.75) is 6.42 Å². The molecule has 7 nitrogen and oxygen atoms in total. The first-order valence-electron chi connectivity index (χ1n) is 5.47. The molecule has 0 radical (unpaired) electrons. The number of amidine groups is 1. The Morgan fingerprint density at radius 1 is 1.58 bits per heavy atom. The van der Waals surface area contributed by atoms with E-state index in [-0.39, 0.29) is 12.3 Å². The number of hydrazone groups is 1. The van der Waals surface area contributed by atoms with Crippen LogP contribution in [0.15, 0.2) is 23.3 Å². The third kappa shape index (κ3) is 4.29. The molecule has 0 atom stereocenters. The molecule has 0 aromatic heterocycles. The summed E-state index contributed by atoms with van der Waals surface area (Å²) < 4.78 is 5.12. The second-order valence-corrected chi connectivity index (χ2v) is 3.64. The van der Waals surface area contributed by atoms with Gasteiger partial charge in [-0.05, 0) is 24.1 Å². The number of nitriles is 1. The Kier molecular flexibility index (Phi) is 5.32. The first kappa shape index (κ1) is 14.5. The molecule has 19 heavy (non-hydrogen) atoms. The van der Waals surface area contributed by atoms with Crippen LogP contribution in [-0.2, 0) is 6.42 Å². The molecule has 0 spiro atoms. The molecular formula is C12H15N5O2. The lowest BCUT2D eigenvalue weighted by atomic mass is 10.1. The quantitative estimate of drug-likeness (QED) is 0.336. The third-order valence-electron chi connectivity index (χ3n) is 2.26. The molecule has 100 valence electrons. The fourth-order valence-corrected chi connectivity index (χ4v) is 1.38. The van der Waals surface area contributed by atoms with Crippen molar-refractivity contribution in [1.82, 2.24) is 0 Å². The molecule has 5 N–H and O–H groups in total. The number of ether oxygens (including phenoxy) is 1. The van der Waals surface area contributed by atoms with Gasteiger partial charge in [0, 0.05) is 12.7 Å². The van der Waals surface area contributed by atoms with E-state index in [9.17, 15) is 0 Å². The van der Waals surface area contributed by atoms with Crippen LogP contribution in [0.25, 0.3) is 0 Å². The highest BCUT2D eigenvalue weighted by Crippen LogP contribution is 2.21. The topological polar surface area (TPSA) is 128 Å². The van der Waals surface area contributed by atoms with Crippen LogP contribution < -0.4 is 15.9 Å². The molecule has 1 aromatic rings. The summed E-state index contributed by atoms with van der Waals surface area (Å²) in [5.41, 5.74) is 9.05. The first-order valence-corrected chi connectivity index (χ1v) is 5.47. The zero-order chi connectivity index (χ0) is 14.3. The maximum atomic E-state index is 8.93. The number of nitrogens with zero attached hydrogens (tertiary/aromatic N) is 2. The molecule has 0 fully saturated rings. The van der Waals surface area contributed by atoms with Crippen molar-refractivity contribution < 1.29 is 9.84 Å². The van der Waals surface area contributed by atoms with Crippen LogP contribution in [0.5, 0.6) is 5.75 Å². The number of nitrogens with two attached hydrogens (primary N) is 1. The Hall–Kier alpha value is -2.59. The van der Waals surface area contributed by atoms with Crippen LogP contribution in [0.2, 0.25) is 0 Å². The summed E-state index contributed by atoms with van der Waals surface area (Å²) in [5, 5.41) is 28.5. The average Bonchev–Trinajstić information content (AvgIpc) is 2.39. The van der Waals surface area contributed by atoms with Crippen molar-refractivity contribution in [2.75, 3.05) is 19.1 Å². The Balaban J connectivity index is 2.97. The summed E-state index contributed by atoms with van der Waals surface area (Å²) in [6.45, 7) is 0.0206. The number of hydrogen-bond acceptors (Lipinski definition) is 6. The molecule has 1 rings (SSSR count). The van der Waals surface area contributed by atoms with Gasteiger partial charge in [-0.3, -0.25) is 10.8 Å². The number of anilines is 1. The van der Waals surface area contributed by atoms with Gasteiger partial charge in [-0.1, -0.05) is 0 Å². The second-order valence-electron chi connectivity index (χ2n) is 3.64. The molecule has 0 unspecified atom stereocenters. The highest BCUT2D eigenvalue weighted by Gasteiger charge is 2.03. The van der Waals surface area contributed by atoms with Gasteiger partial charge in [0.15, 0.2) is 5.84 Å². The number of aliphatic hydroxyl groups is 1. The molecular weight excluding hydrogens is 246 g/mol. The largest absolute Gasteiger partial charge is 0.497 e. The molecule has 0 aliphatic heterocycles. The van der Waals surface area contributed by atoms with Gasteiger partial charge in [0.25, 0.3) is 0 Å². The molecule has 0 saturated carbocycles. The van der Waals surface area contributed by atoms with Gasteiger partial charge in [-0.15, -0.1) is 0 Å². The van der Waals surface area contributed by atoms with Crippen LogP contribution in [0.3, 0.4) is 0 Å². The molecule has 0 aliphatic rings. The number of hydrogen-bond donors (Lipinski definition) is 4. The van der Waals surface area contributed by atoms with E-state index in [1.54, 1.807) is 24.3 Å². The molecule has 0 heterocycles.